The van der Waals surface area contributed by atoms with Crippen LogP contribution < -0.4 is 0 Å². The van der Waals surface area contributed by atoms with Crippen LogP contribution in [0.2, 0.25) is 0 Å². The minimum atomic E-state index is -3.29. The maximum atomic E-state index is 11.4. The number of rotatable bonds is 8. The Morgan fingerprint density at radius 3 is 2.50 bits per heavy atom. The Balaban J connectivity index is 3.56. The standard InChI is InChI=1S/C10H23O3P/c1-4-5-6-8-13-14(11,12)9-7-10(2)3/h10H,4-9H2,1-3H3,(H,11,12). The molecule has 3 nitrogen and oxygen atoms in total. The summed E-state index contributed by atoms with van der Waals surface area (Å²) in [6.45, 7) is 6.59. The van der Waals surface area contributed by atoms with Gasteiger partial charge < -0.3 is 9.42 Å². The molecule has 0 heterocycles. The second-order valence-electron chi connectivity index (χ2n) is 4.08. The molecule has 0 radical (unpaired) electrons. The van der Waals surface area contributed by atoms with Crippen molar-refractivity contribution in [1.82, 2.24) is 0 Å². The zero-order valence-corrected chi connectivity index (χ0v) is 10.4. The molecule has 0 spiro atoms. The van der Waals surface area contributed by atoms with Gasteiger partial charge in [-0.05, 0) is 18.8 Å². The van der Waals surface area contributed by atoms with Crippen LogP contribution in [0.5, 0.6) is 0 Å². The lowest BCUT2D eigenvalue weighted by Crippen LogP contribution is -2.00. The molecule has 0 aromatic rings. The Morgan fingerprint density at radius 2 is 2.00 bits per heavy atom. The fourth-order valence-electron chi connectivity index (χ4n) is 1.05. The zero-order valence-electron chi connectivity index (χ0n) is 9.53. The highest BCUT2D eigenvalue weighted by atomic mass is 31.2. The van der Waals surface area contributed by atoms with Gasteiger partial charge in [0.2, 0.25) is 0 Å². The largest absolute Gasteiger partial charge is 0.328 e. The van der Waals surface area contributed by atoms with Gasteiger partial charge in [-0.15, -0.1) is 0 Å². The van der Waals surface area contributed by atoms with E-state index < -0.39 is 7.60 Å². The molecule has 0 amide bonds. The third-order valence-electron chi connectivity index (χ3n) is 2.03. The van der Waals surface area contributed by atoms with Gasteiger partial charge in [-0.2, -0.15) is 0 Å². The van der Waals surface area contributed by atoms with Gasteiger partial charge in [-0.3, -0.25) is 4.57 Å². The van der Waals surface area contributed by atoms with E-state index in [0.717, 1.165) is 25.7 Å². The number of hydrogen-bond acceptors (Lipinski definition) is 2. The van der Waals surface area contributed by atoms with E-state index in [2.05, 4.69) is 6.92 Å². The summed E-state index contributed by atoms with van der Waals surface area (Å²) in [6.07, 6.45) is 4.08. The Morgan fingerprint density at radius 1 is 1.36 bits per heavy atom. The second kappa shape index (κ2) is 7.44. The average Bonchev–Trinajstić information content (AvgIpc) is 2.10. The lowest BCUT2D eigenvalue weighted by atomic mass is 10.2. The van der Waals surface area contributed by atoms with Gasteiger partial charge in [0, 0.05) is 0 Å². The fourth-order valence-corrected chi connectivity index (χ4v) is 2.43. The molecule has 14 heavy (non-hydrogen) atoms. The molecule has 0 fully saturated rings. The lowest BCUT2D eigenvalue weighted by Gasteiger charge is -2.12. The van der Waals surface area contributed by atoms with E-state index in [4.69, 9.17) is 4.52 Å². The average molecular weight is 222 g/mol. The Hall–Kier alpha value is 0.150. The topological polar surface area (TPSA) is 46.5 Å². The second-order valence-corrected chi connectivity index (χ2v) is 6.06. The summed E-state index contributed by atoms with van der Waals surface area (Å²) in [5, 5.41) is 0. The molecule has 1 unspecified atom stereocenters. The zero-order chi connectivity index (χ0) is 11.0. The first-order valence-electron chi connectivity index (χ1n) is 5.44. The van der Waals surface area contributed by atoms with Crippen molar-refractivity contribution in [2.75, 3.05) is 12.8 Å². The van der Waals surface area contributed by atoms with E-state index in [9.17, 15) is 9.46 Å². The molecule has 0 saturated heterocycles. The molecule has 4 heteroatoms. The predicted octanol–water partition coefficient (Wildman–Crippen LogP) is 3.42. The molecule has 0 bridgehead atoms. The molecule has 86 valence electrons. The minimum Gasteiger partial charge on any atom is -0.324 e. The van der Waals surface area contributed by atoms with Gasteiger partial charge >= 0.3 is 7.60 Å². The Bertz CT molecular complexity index is 180. The summed E-state index contributed by atoms with van der Waals surface area (Å²) < 4.78 is 16.4. The summed E-state index contributed by atoms with van der Waals surface area (Å²) in [5.41, 5.74) is 0. The van der Waals surface area contributed by atoms with E-state index in [-0.39, 0.29) is 6.16 Å². The molecule has 0 saturated carbocycles. The first-order valence-corrected chi connectivity index (χ1v) is 7.20. The van der Waals surface area contributed by atoms with E-state index in [1.807, 2.05) is 13.8 Å². The maximum absolute atomic E-state index is 11.4. The van der Waals surface area contributed by atoms with Crippen LogP contribution in [0.15, 0.2) is 0 Å². The van der Waals surface area contributed by atoms with Crippen LogP contribution in [0.4, 0.5) is 0 Å². The van der Waals surface area contributed by atoms with Crippen molar-refractivity contribution in [3.63, 3.8) is 0 Å². The molecule has 1 atom stereocenters. The number of hydrogen-bond donors (Lipinski definition) is 1. The number of unbranched alkanes of at least 4 members (excludes halogenated alkanes) is 2. The van der Waals surface area contributed by atoms with Crippen LogP contribution in [-0.2, 0) is 9.09 Å². The normalized spacial score (nSPS) is 15.8. The van der Waals surface area contributed by atoms with Gasteiger partial charge in [0.05, 0.1) is 12.8 Å². The summed E-state index contributed by atoms with van der Waals surface area (Å²) >= 11 is 0. The molecule has 0 aliphatic carbocycles. The van der Waals surface area contributed by atoms with Crippen LogP contribution in [0, 0.1) is 5.92 Å². The van der Waals surface area contributed by atoms with Crippen molar-refractivity contribution in [3.05, 3.63) is 0 Å². The highest BCUT2D eigenvalue weighted by molar-refractivity contribution is 7.52. The summed E-state index contributed by atoms with van der Waals surface area (Å²) in [6, 6.07) is 0. The van der Waals surface area contributed by atoms with Crippen LogP contribution in [0.3, 0.4) is 0 Å². The fraction of sp³-hybridized carbons (Fsp3) is 1.00. The van der Waals surface area contributed by atoms with Crippen molar-refractivity contribution < 1.29 is 14.0 Å². The van der Waals surface area contributed by atoms with Gasteiger partial charge in [0.25, 0.3) is 0 Å². The first-order chi connectivity index (χ1) is 6.48. The smallest absolute Gasteiger partial charge is 0.324 e. The molecule has 1 N–H and O–H groups in total. The van der Waals surface area contributed by atoms with Gasteiger partial charge in [-0.25, -0.2) is 0 Å². The highest BCUT2D eigenvalue weighted by Gasteiger charge is 2.18. The Labute approximate surface area is 87.4 Å². The summed E-state index contributed by atoms with van der Waals surface area (Å²) in [7, 11) is -3.29. The van der Waals surface area contributed by atoms with Crippen molar-refractivity contribution >= 4 is 7.60 Å². The van der Waals surface area contributed by atoms with Crippen molar-refractivity contribution in [2.45, 2.75) is 46.5 Å². The molecule has 0 aromatic heterocycles. The van der Waals surface area contributed by atoms with Crippen LogP contribution in [0.1, 0.15) is 46.5 Å². The van der Waals surface area contributed by atoms with Crippen molar-refractivity contribution in [3.8, 4) is 0 Å². The quantitative estimate of drug-likeness (QED) is 0.505. The van der Waals surface area contributed by atoms with E-state index >= 15 is 0 Å². The SMILES string of the molecule is CCCCCOP(=O)(O)CCC(C)C. The molecule has 0 rings (SSSR count). The van der Waals surface area contributed by atoms with Gasteiger partial charge in [-0.1, -0.05) is 33.6 Å². The maximum Gasteiger partial charge on any atom is 0.328 e. The molecule has 0 aliphatic rings. The van der Waals surface area contributed by atoms with E-state index in [0.29, 0.717) is 12.5 Å². The molecule has 0 aliphatic heterocycles. The summed E-state index contributed by atoms with van der Waals surface area (Å²) in [4.78, 5) is 9.40. The third-order valence-corrected chi connectivity index (χ3v) is 3.44. The predicted molar refractivity (Wildman–Crippen MR) is 59.6 cm³/mol. The molecular formula is C10H23O3P. The Kier molecular flexibility index (Phi) is 7.52. The van der Waals surface area contributed by atoms with E-state index in [1.165, 1.54) is 0 Å². The first kappa shape index (κ1) is 14.2. The van der Waals surface area contributed by atoms with Gasteiger partial charge in [0.15, 0.2) is 0 Å². The monoisotopic (exact) mass is 222 g/mol. The molecule has 0 aromatic carbocycles. The van der Waals surface area contributed by atoms with Crippen LogP contribution in [-0.4, -0.2) is 17.7 Å². The highest BCUT2D eigenvalue weighted by Crippen LogP contribution is 2.43. The molecular weight excluding hydrogens is 199 g/mol. The van der Waals surface area contributed by atoms with E-state index in [1.54, 1.807) is 0 Å². The van der Waals surface area contributed by atoms with Crippen LogP contribution in [0.25, 0.3) is 0 Å². The van der Waals surface area contributed by atoms with Crippen molar-refractivity contribution in [2.24, 2.45) is 5.92 Å². The van der Waals surface area contributed by atoms with Crippen LogP contribution >= 0.6 is 7.60 Å². The van der Waals surface area contributed by atoms with Gasteiger partial charge in [0.1, 0.15) is 0 Å². The van der Waals surface area contributed by atoms with Crippen molar-refractivity contribution in [1.29, 1.82) is 0 Å². The third kappa shape index (κ3) is 8.74. The summed E-state index contributed by atoms with van der Waals surface area (Å²) in [5.74, 6) is 0.453. The minimum absolute atomic E-state index is 0.288. The lowest BCUT2D eigenvalue weighted by molar-refractivity contribution is 0.251.